The van der Waals surface area contributed by atoms with Crippen molar-refractivity contribution in [2.45, 2.75) is 13.0 Å². The zero-order valence-corrected chi connectivity index (χ0v) is 18.6. The Morgan fingerprint density at radius 1 is 0.879 bits per heavy atom. The molecule has 0 unspecified atom stereocenters. The first kappa shape index (κ1) is 22.2. The van der Waals surface area contributed by atoms with Gasteiger partial charge in [0.25, 0.3) is 5.56 Å². The molecule has 0 bridgehead atoms. The van der Waals surface area contributed by atoms with E-state index in [-0.39, 0.29) is 11.7 Å². The van der Waals surface area contributed by atoms with Crippen molar-refractivity contribution >= 4 is 23.1 Å². The maximum Gasteiger partial charge on any atom is 0.280 e. The van der Waals surface area contributed by atoms with Crippen LogP contribution in [-0.2, 0) is 4.74 Å². The van der Waals surface area contributed by atoms with Crippen molar-refractivity contribution in [2.75, 3.05) is 18.6 Å². The molecule has 4 aromatic rings. The highest BCUT2D eigenvalue weighted by atomic mass is 16.5. The smallest absolute Gasteiger partial charge is 0.280 e. The molecule has 5 heteroatoms. The highest BCUT2D eigenvalue weighted by Gasteiger charge is 2.16. The molecule has 0 aliphatic rings. The van der Waals surface area contributed by atoms with Crippen molar-refractivity contribution in [2.24, 2.45) is 0 Å². The third-order valence-electron chi connectivity index (χ3n) is 5.19. The van der Waals surface area contributed by atoms with Gasteiger partial charge in [0.1, 0.15) is 6.10 Å². The molecule has 0 aliphatic carbocycles. The SMILES string of the molecule is C[C@H](OC/C=C/c1ccccc1)c1nc2ccccc2c(=O)n1NC/C=C/c1ccccc1. The van der Waals surface area contributed by atoms with E-state index in [2.05, 4.69) is 5.43 Å². The molecule has 1 heterocycles. The second-order valence-corrected chi connectivity index (χ2v) is 7.59. The molecular weight excluding hydrogens is 410 g/mol. The summed E-state index contributed by atoms with van der Waals surface area (Å²) in [7, 11) is 0. The first-order chi connectivity index (χ1) is 16.2. The normalized spacial score (nSPS) is 12.5. The van der Waals surface area contributed by atoms with Crippen molar-refractivity contribution in [3.05, 3.63) is 124 Å². The van der Waals surface area contributed by atoms with Crippen LogP contribution in [0, 0.1) is 0 Å². The number of benzene rings is 3. The average Bonchev–Trinajstić information content (AvgIpc) is 2.86. The molecule has 5 nitrogen and oxygen atoms in total. The maximum absolute atomic E-state index is 13.2. The fourth-order valence-electron chi connectivity index (χ4n) is 3.50. The predicted molar refractivity (Wildman–Crippen MR) is 136 cm³/mol. The lowest BCUT2D eigenvalue weighted by molar-refractivity contribution is 0.0796. The molecule has 1 N–H and O–H groups in total. The molecule has 0 saturated carbocycles. The van der Waals surface area contributed by atoms with E-state index in [1.807, 2.05) is 110 Å². The van der Waals surface area contributed by atoms with Gasteiger partial charge in [0.2, 0.25) is 0 Å². The van der Waals surface area contributed by atoms with Crippen LogP contribution in [0.15, 0.2) is 102 Å². The predicted octanol–water partition coefficient (Wildman–Crippen LogP) is 5.44. The van der Waals surface area contributed by atoms with Crippen molar-refractivity contribution in [1.29, 1.82) is 0 Å². The number of nitrogens with one attached hydrogen (secondary N) is 1. The Morgan fingerprint density at radius 3 is 2.18 bits per heavy atom. The van der Waals surface area contributed by atoms with Crippen LogP contribution in [0.5, 0.6) is 0 Å². The molecule has 1 aromatic heterocycles. The van der Waals surface area contributed by atoms with Crippen molar-refractivity contribution in [1.82, 2.24) is 9.66 Å². The van der Waals surface area contributed by atoms with Crippen LogP contribution in [0.3, 0.4) is 0 Å². The number of hydrogen-bond acceptors (Lipinski definition) is 4. The minimum absolute atomic E-state index is 0.140. The summed E-state index contributed by atoms with van der Waals surface area (Å²) in [5.74, 6) is 0.542. The van der Waals surface area contributed by atoms with Crippen LogP contribution in [0.4, 0.5) is 0 Å². The molecular formula is C28H27N3O2. The molecule has 33 heavy (non-hydrogen) atoms. The summed E-state index contributed by atoms with van der Waals surface area (Å²) in [5.41, 5.74) is 5.93. The monoisotopic (exact) mass is 437 g/mol. The average molecular weight is 438 g/mol. The van der Waals surface area contributed by atoms with Gasteiger partial charge in [-0.1, -0.05) is 97.1 Å². The van der Waals surface area contributed by atoms with E-state index in [1.54, 1.807) is 6.07 Å². The summed E-state index contributed by atoms with van der Waals surface area (Å²) in [6.07, 6.45) is 7.59. The van der Waals surface area contributed by atoms with Crippen molar-refractivity contribution in [3.63, 3.8) is 0 Å². The summed E-state index contributed by atoms with van der Waals surface area (Å²) in [6, 6.07) is 27.5. The lowest BCUT2D eigenvalue weighted by atomic mass is 10.2. The van der Waals surface area contributed by atoms with Crippen molar-refractivity contribution in [3.8, 4) is 0 Å². The van der Waals surface area contributed by atoms with E-state index >= 15 is 0 Å². The molecule has 0 fully saturated rings. The lowest BCUT2D eigenvalue weighted by Gasteiger charge is -2.19. The fourth-order valence-corrected chi connectivity index (χ4v) is 3.50. The van der Waals surface area contributed by atoms with Gasteiger partial charge >= 0.3 is 0 Å². The van der Waals surface area contributed by atoms with Gasteiger partial charge in [-0.2, -0.15) is 0 Å². The Labute approximate surface area is 193 Å². The quantitative estimate of drug-likeness (QED) is 0.379. The van der Waals surface area contributed by atoms with Crippen LogP contribution in [0.1, 0.15) is 30.0 Å². The summed E-state index contributed by atoms with van der Waals surface area (Å²) in [4.78, 5) is 17.9. The lowest BCUT2D eigenvalue weighted by Crippen LogP contribution is -2.34. The first-order valence-corrected chi connectivity index (χ1v) is 11.0. The molecule has 166 valence electrons. The van der Waals surface area contributed by atoms with Gasteiger partial charge in [-0.05, 0) is 30.2 Å². The molecule has 0 spiro atoms. The molecule has 4 rings (SSSR count). The zero-order valence-electron chi connectivity index (χ0n) is 18.6. The minimum atomic E-state index is -0.381. The van der Waals surface area contributed by atoms with Crippen LogP contribution in [0.2, 0.25) is 0 Å². The summed E-state index contributed by atoms with van der Waals surface area (Å²) >= 11 is 0. The van der Waals surface area contributed by atoms with E-state index in [9.17, 15) is 4.79 Å². The van der Waals surface area contributed by atoms with Gasteiger partial charge in [-0.3, -0.25) is 4.79 Å². The Kier molecular flexibility index (Phi) is 7.46. The van der Waals surface area contributed by atoms with E-state index in [1.165, 1.54) is 4.68 Å². The van der Waals surface area contributed by atoms with Crippen LogP contribution >= 0.6 is 0 Å². The Balaban J connectivity index is 1.52. The number of hydrogen-bond donors (Lipinski definition) is 1. The van der Waals surface area contributed by atoms with Gasteiger partial charge < -0.3 is 10.2 Å². The van der Waals surface area contributed by atoms with Gasteiger partial charge in [0.15, 0.2) is 5.82 Å². The second kappa shape index (κ2) is 11.1. The number of nitrogens with zero attached hydrogens (tertiary/aromatic N) is 2. The van der Waals surface area contributed by atoms with E-state index < -0.39 is 0 Å². The number of rotatable bonds is 9. The summed E-state index contributed by atoms with van der Waals surface area (Å²) in [5, 5.41) is 0.567. The van der Waals surface area contributed by atoms with Crippen molar-refractivity contribution < 1.29 is 4.74 Å². The highest BCUT2D eigenvalue weighted by molar-refractivity contribution is 5.77. The summed E-state index contributed by atoms with van der Waals surface area (Å²) < 4.78 is 7.51. The molecule has 3 aromatic carbocycles. The molecule has 0 aliphatic heterocycles. The summed E-state index contributed by atoms with van der Waals surface area (Å²) in [6.45, 7) is 2.79. The fraction of sp³-hybridized carbons (Fsp3) is 0.143. The highest BCUT2D eigenvalue weighted by Crippen LogP contribution is 2.16. The van der Waals surface area contributed by atoms with Crippen LogP contribution in [0.25, 0.3) is 23.1 Å². The minimum Gasteiger partial charge on any atom is -0.366 e. The Hall–Kier alpha value is -3.96. The van der Waals surface area contributed by atoms with Crippen LogP contribution < -0.4 is 11.0 Å². The third kappa shape index (κ3) is 5.84. The largest absolute Gasteiger partial charge is 0.366 e. The Morgan fingerprint density at radius 2 is 1.48 bits per heavy atom. The van der Waals surface area contributed by atoms with Gasteiger partial charge in [0.05, 0.1) is 17.5 Å². The topological polar surface area (TPSA) is 56.1 Å². The molecule has 0 amide bonds. The number of fused-ring (bicyclic) bond motifs is 1. The van der Waals surface area contributed by atoms with E-state index in [0.717, 1.165) is 11.1 Å². The van der Waals surface area contributed by atoms with E-state index in [4.69, 9.17) is 9.72 Å². The second-order valence-electron chi connectivity index (χ2n) is 7.59. The molecule has 0 saturated heterocycles. The van der Waals surface area contributed by atoms with Gasteiger partial charge in [0, 0.05) is 6.54 Å². The molecule has 0 radical (unpaired) electrons. The number of ether oxygens (including phenoxy) is 1. The third-order valence-corrected chi connectivity index (χ3v) is 5.19. The number of para-hydroxylation sites is 1. The zero-order chi connectivity index (χ0) is 22.9. The standard InChI is InChI=1S/C28H27N3O2/c1-22(33-21-11-17-24-14-6-3-7-15-24)27-30-26-19-9-8-18-25(26)28(32)31(27)29-20-10-16-23-12-4-2-5-13-23/h2-19,22,29H,20-21H2,1H3/b16-10+,17-11+/t22-/m0/s1. The molecule has 1 atom stereocenters. The van der Waals surface area contributed by atoms with Crippen LogP contribution in [-0.4, -0.2) is 22.8 Å². The number of aromatic nitrogens is 2. The van der Waals surface area contributed by atoms with Gasteiger partial charge in [-0.25, -0.2) is 9.66 Å². The maximum atomic E-state index is 13.2. The van der Waals surface area contributed by atoms with E-state index in [0.29, 0.717) is 29.9 Å². The van der Waals surface area contributed by atoms with Gasteiger partial charge in [-0.15, -0.1) is 0 Å². The Bertz CT molecular complexity index is 1300. The first-order valence-electron chi connectivity index (χ1n) is 11.0.